The molecule has 18 heavy (non-hydrogen) atoms. The topological polar surface area (TPSA) is 12.0 Å². The van der Waals surface area contributed by atoms with E-state index in [0.717, 1.165) is 13.1 Å². The molecule has 1 heteroatoms. The molecule has 1 aliphatic heterocycles. The van der Waals surface area contributed by atoms with Crippen LogP contribution in [0, 0.1) is 0 Å². The highest BCUT2D eigenvalue weighted by Crippen LogP contribution is 2.27. The van der Waals surface area contributed by atoms with Gasteiger partial charge in [-0.15, -0.1) is 0 Å². The van der Waals surface area contributed by atoms with E-state index < -0.39 is 0 Å². The summed E-state index contributed by atoms with van der Waals surface area (Å²) in [7, 11) is 0. The summed E-state index contributed by atoms with van der Waals surface area (Å²) in [5.74, 6) is 0.709. The average Bonchev–Trinajstić information content (AvgIpc) is 2.34. The molecular weight excluding hydrogens is 218 g/mol. The van der Waals surface area contributed by atoms with Crippen molar-refractivity contribution in [3.63, 3.8) is 0 Å². The fourth-order valence-corrected chi connectivity index (χ4v) is 2.74. The summed E-state index contributed by atoms with van der Waals surface area (Å²) in [5, 5.41) is 8.68. The highest BCUT2D eigenvalue weighted by atomic mass is 14.9. The lowest BCUT2D eigenvalue weighted by Crippen LogP contribution is -2.39. The van der Waals surface area contributed by atoms with Crippen LogP contribution in [0.1, 0.15) is 11.5 Å². The average molecular weight is 233 g/mol. The molecule has 88 valence electrons. The van der Waals surface area contributed by atoms with Crippen molar-refractivity contribution in [3.8, 4) is 0 Å². The summed E-state index contributed by atoms with van der Waals surface area (Å²) >= 11 is 0. The predicted octanol–water partition coefficient (Wildman–Crippen LogP) is 3.68. The molecule has 3 aromatic carbocycles. The SMILES string of the molecule is c1ccc2cc3cc(C4CNC4)ccc3cc2c1. The first-order valence-corrected chi connectivity index (χ1v) is 6.53. The van der Waals surface area contributed by atoms with Gasteiger partial charge in [0.1, 0.15) is 0 Å². The van der Waals surface area contributed by atoms with Gasteiger partial charge in [-0.2, -0.15) is 0 Å². The molecule has 0 radical (unpaired) electrons. The maximum atomic E-state index is 3.34. The fraction of sp³-hybridized carbons (Fsp3) is 0.176. The number of hydrogen-bond donors (Lipinski definition) is 1. The Bertz CT molecular complexity index is 726. The standard InChI is InChI=1S/C17H15N/c1-2-4-13-8-16-9-15(17-10-18-11-17)6-5-14(16)7-12(13)3-1/h1-9,17-18H,10-11H2. The molecule has 0 saturated carbocycles. The quantitative estimate of drug-likeness (QED) is 0.632. The van der Waals surface area contributed by atoms with Gasteiger partial charge in [0.2, 0.25) is 0 Å². The van der Waals surface area contributed by atoms with Crippen molar-refractivity contribution in [2.45, 2.75) is 5.92 Å². The monoisotopic (exact) mass is 233 g/mol. The number of fused-ring (bicyclic) bond motifs is 2. The Morgan fingerprint density at radius 2 is 1.39 bits per heavy atom. The van der Waals surface area contributed by atoms with E-state index in [2.05, 4.69) is 59.9 Å². The largest absolute Gasteiger partial charge is 0.315 e. The smallest absolute Gasteiger partial charge is 0.00887 e. The Hall–Kier alpha value is -1.86. The Morgan fingerprint density at radius 1 is 0.722 bits per heavy atom. The molecule has 1 aliphatic rings. The number of rotatable bonds is 1. The Kier molecular flexibility index (Phi) is 2.14. The van der Waals surface area contributed by atoms with Crippen LogP contribution in [0.3, 0.4) is 0 Å². The number of hydrogen-bond acceptors (Lipinski definition) is 1. The summed E-state index contributed by atoms with van der Waals surface area (Å²) in [6.07, 6.45) is 0. The summed E-state index contributed by atoms with van der Waals surface area (Å²) in [4.78, 5) is 0. The van der Waals surface area contributed by atoms with Gasteiger partial charge in [-0.25, -0.2) is 0 Å². The minimum Gasteiger partial charge on any atom is -0.315 e. The highest BCUT2D eigenvalue weighted by molar-refractivity contribution is 5.98. The predicted molar refractivity (Wildman–Crippen MR) is 77.1 cm³/mol. The van der Waals surface area contributed by atoms with Gasteiger partial charge in [0.25, 0.3) is 0 Å². The molecule has 0 amide bonds. The van der Waals surface area contributed by atoms with E-state index in [4.69, 9.17) is 0 Å². The van der Waals surface area contributed by atoms with Gasteiger partial charge < -0.3 is 5.32 Å². The van der Waals surface area contributed by atoms with Crippen molar-refractivity contribution < 1.29 is 0 Å². The van der Waals surface area contributed by atoms with E-state index in [1.807, 2.05) is 0 Å². The zero-order valence-electron chi connectivity index (χ0n) is 10.2. The molecule has 1 nitrogen and oxygen atoms in total. The van der Waals surface area contributed by atoms with Crippen LogP contribution >= 0.6 is 0 Å². The van der Waals surface area contributed by atoms with E-state index in [9.17, 15) is 0 Å². The van der Waals surface area contributed by atoms with Crippen LogP contribution in [-0.4, -0.2) is 13.1 Å². The first-order valence-electron chi connectivity index (χ1n) is 6.53. The molecule has 0 bridgehead atoms. The second-order valence-electron chi connectivity index (χ2n) is 5.16. The molecule has 3 aromatic rings. The zero-order chi connectivity index (χ0) is 11.9. The lowest BCUT2D eigenvalue weighted by atomic mass is 9.91. The molecule has 0 spiro atoms. The van der Waals surface area contributed by atoms with Crippen LogP contribution in [0.15, 0.2) is 54.6 Å². The van der Waals surface area contributed by atoms with Gasteiger partial charge in [-0.1, -0.05) is 42.5 Å². The molecule has 0 unspecified atom stereocenters. The number of benzene rings is 3. The van der Waals surface area contributed by atoms with Crippen molar-refractivity contribution in [1.29, 1.82) is 0 Å². The minimum absolute atomic E-state index is 0.709. The molecule has 1 heterocycles. The van der Waals surface area contributed by atoms with Crippen LogP contribution in [0.2, 0.25) is 0 Å². The molecule has 0 aromatic heterocycles. The summed E-state index contributed by atoms with van der Waals surface area (Å²) in [5.41, 5.74) is 1.47. The van der Waals surface area contributed by atoms with Crippen molar-refractivity contribution in [2.24, 2.45) is 0 Å². The third-order valence-corrected chi connectivity index (χ3v) is 3.98. The maximum absolute atomic E-state index is 3.34. The zero-order valence-corrected chi connectivity index (χ0v) is 10.2. The fourth-order valence-electron chi connectivity index (χ4n) is 2.74. The summed E-state index contributed by atoms with van der Waals surface area (Å²) in [6.45, 7) is 2.25. The first kappa shape index (κ1) is 10.1. The van der Waals surface area contributed by atoms with Gasteiger partial charge in [0.05, 0.1) is 0 Å². The van der Waals surface area contributed by atoms with E-state index in [1.165, 1.54) is 27.1 Å². The van der Waals surface area contributed by atoms with Crippen LogP contribution < -0.4 is 5.32 Å². The van der Waals surface area contributed by atoms with Gasteiger partial charge in [-0.05, 0) is 39.2 Å². The van der Waals surface area contributed by atoms with Gasteiger partial charge in [0, 0.05) is 19.0 Å². The Morgan fingerprint density at radius 3 is 2.06 bits per heavy atom. The van der Waals surface area contributed by atoms with Crippen molar-refractivity contribution in [3.05, 3.63) is 60.2 Å². The second-order valence-corrected chi connectivity index (χ2v) is 5.16. The van der Waals surface area contributed by atoms with Gasteiger partial charge in [0.15, 0.2) is 0 Å². The third-order valence-electron chi connectivity index (χ3n) is 3.98. The van der Waals surface area contributed by atoms with E-state index in [0.29, 0.717) is 5.92 Å². The molecule has 4 rings (SSSR count). The Balaban J connectivity index is 1.94. The van der Waals surface area contributed by atoms with Crippen LogP contribution in [0.4, 0.5) is 0 Å². The summed E-state index contributed by atoms with van der Waals surface area (Å²) in [6, 6.07) is 20.1. The van der Waals surface area contributed by atoms with Crippen LogP contribution in [-0.2, 0) is 0 Å². The van der Waals surface area contributed by atoms with E-state index in [-0.39, 0.29) is 0 Å². The molecular formula is C17H15N. The lowest BCUT2D eigenvalue weighted by molar-refractivity contribution is 0.449. The van der Waals surface area contributed by atoms with Crippen molar-refractivity contribution in [2.75, 3.05) is 13.1 Å². The minimum atomic E-state index is 0.709. The van der Waals surface area contributed by atoms with E-state index >= 15 is 0 Å². The number of nitrogens with one attached hydrogen (secondary N) is 1. The summed E-state index contributed by atoms with van der Waals surface area (Å²) < 4.78 is 0. The molecule has 1 saturated heterocycles. The third kappa shape index (κ3) is 1.52. The molecule has 0 atom stereocenters. The maximum Gasteiger partial charge on any atom is 0.00887 e. The normalized spacial score (nSPS) is 16.0. The second kappa shape index (κ2) is 3.82. The highest BCUT2D eigenvalue weighted by Gasteiger charge is 2.18. The first-order chi connectivity index (χ1) is 8.90. The molecule has 1 fully saturated rings. The molecule has 1 N–H and O–H groups in total. The lowest BCUT2D eigenvalue weighted by Gasteiger charge is -2.27. The van der Waals surface area contributed by atoms with Crippen molar-refractivity contribution >= 4 is 21.5 Å². The van der Waals surface area contributed by atoms with Gasteiger partial charge >= 0.3 is 0 Å². The van der Waals surface area contributed by atoms with Crippen LogP contribution in [0.25, 0.3) is 21.5 Å². The van der Waals surface area contributed by atoms with Gasteiger partial charge in [-0.3, -0.25) is 0 Å². The van der Waals surface area contributed by atoms with Crippen molar-refractivity contribution in [1.82, 2.24) is 5.32 Å². The Labute approximate surface area is 106 Å². The molecule has 0 aliphatic carbocycles. The van der Waals surface area contributed by atoms with E-state index in [1.54, 1.807) is 0 Å². The van der Waals surface area contributed by atoms with Crippen LogP contribution in [0.5, 0.6) is 0 Å².